The van der Waals surface area contributed by atoms with Crippen LogP contribution in [0.25, 0.3) is 10.2 Å². The molecule has 0 aliphatic carbocycles. The van der Waals surface area contributed by atoms with E-state index in [4.69, 9.17) is 26.1 Å². The molecule has 37 heavy (non-hydrogen) atoms. The number of thiazole rings is 1. The SMILES string of the molecule is Cc1cc(Cl)cc2sc(N(CCN3CCOCC3)C(=O)c3ccc(N4CCOCC4)c([N+](=O)[O-])c3)nc12. The average Bonchev–Trinajstić information content (AvgIpc) is 3.33. The molecule has 0 N–H and O–H groups in total. The molecule has 196 valence electrons. The van der Waals surface area contributed by atoms with E-state index in [1.807, 2.05) is 24.0 Å². The second-order valence-corrected chi connectivity index (χ2v) is 10.5. The van der Waals surface area contributed by atoms with Gasteiger partial charge in [-0.05, 0) is 36.8 Å². The van der Waals surface area contributed by atoms with Gasteiger partial charge in [0.25, 0.3) is 11.6 Å². The van der Waals surface area contributed by atoms with E-state index in [0.717, 1.165) is 28.9 Å². The number of hydrogen-bond donors (Lipinski definition) is 0. The van der Waals surface area contributed by atoms with E-state index in [-0.39, 0.29) is 17.2 Å². The van der Waals surface area contributed by atoms with E-state index in [0.29, 0.717) is 68.4 Å². The van der Waals surface area contributed by atoms with Gasteiger partial charge in [-0.15, -0.1) is 0 Å². The van der Waals surface area contributed by atoms with Gasteiger partial charge in [-0.25, -0.2) is 4.98 Å². The molecule has 0 unspecified atom stereocenters. The number of nitrogens with zero attached hydrogens (tertiary/aromatic N) is 5. The Labute approximate surface area is 223 Å². The standard InChI is InChI=1S/C25H28ClN5O5S/c1-17-14-19(26)16-22-23(17)27-25(37-22)30(5-4-28-6-10-35-11-7-28)24(32)18-2-3-20(21(15-18)31(33)34)29-8-12-36-13-9-29/h2-3,14-16H,4-13H2,1H3. The topological polar surface area (TPSA) is 101 Å². The van der Waals surface area contributed by atoms with E-state index in [1.54, 1.807) is 17.0 Å². The van der Waals surface area contributed by atoms with Gasteiger partial charge in [-0.3, -0.25) is 24.7 Å². The molecule has 1 amide bonds. The van der Waals surface area contributed by atoms with Gasteiger partial charge in [0.1, 0.15) is 5.69 Å². The smallest absolute Gasteiger partial charge is 0.293 e. The molecular weight excluding hydrogens is 518 g/mol. The van der Waals surface area contributed by atoms with E-state index in [1.165, 1.54) is 17.4 Å². The molecule has 2 aromatic carbocycles. The fourth-order valence-corrected chi connectivity index (χ4v) is 6.08. The van der Waals surface area contributed by atoms with Crippen LogP contribution in [0.2, 0.25) is 5.02 Å². The minimum atomic E-state index is -0.428. The zero-order valence-corrected chi connectivity index (χ0v) is 22.1. The van der Waals surface area contributed by atoms with Crippen LogP contribution in [0, 0.1) is 17.0 Å². The number of fused-ring (bicyclic) bond motifs is 1. The Morgan fingerprint density at radius 3 is 2.54 bits per heavy atom. The number of morpholine rings is 2. The molecule has 12 heteroatoms. The van der Waals surface area contributed by atoms with Crippen LogP contribution in [0.5, 0.6) is 0 Å². The van der Waals surface area contributed by atoms with Crippen molar-refractivity contribution in [3.8, 4) is 0 Å². The van der Waals surface area contributed by atoms with Crippen molar-refractivity contribution in [1.29, 1.82) is 0 Å². The Balaban J connectivity index is 1.49. The van der Waals surface area contributed by atoms with Gasteiger partial charge in [0.05, 0.1) is 41.6 Å². The molecule has 0 atom stereocenters. The van der Waals surface area contributed by atoms with Gasteiger partial charge in [-0.1, -0.05) is 22.9 Å². The molecule has 10 nitrogen and oxygen atoms in total. The summed E-state index contributed by atoms with van der Waals surface area (Å²) in [5.41, 5.74) is 2.38. The maximum Gasteiger partial charge on any atom is 0.293 e. The molecule has 2 fully saturated rings. The number of amides is 1. The lowest BCUT2D eigenvalue weighted by molar-refractivity contribution is -0.384. The Bertz CT molecular complexity index is 1310. The van der Waals surface area contributed by atoms with Gasteiger partial charge in [-0.2, -0.15) is 0 Å². The third kappa shape index (κ3) is 5.70. The van der Waals surface area contributed by atoms with Crippen LogP contribution in [0.15, 0.2) is 30.3 Å². The molecule has 2 saturated heterocycles. The summed E-state index contributed by atoms with van der Waals surface area (Å²) in [7, 11) is 0. The summed E-state index contributed by atoms with van der Waals surface area (Å²) in [6.45, 7) is 7.99. The summed E-state index contributed by atoms with van der Waals surface area (Å²) >= 11 is 7.65. The average molecular weight is 546 g/mol. The van der Waals surface area contributed by atoms with Crippen LogP contribution in [-0.2, 0) is 9.47 Å². The fraction of sp³-hybridized carbons (Fsp3) is 0.440. The third-order valence-corrected chi connectivity index (χ3v) is 7.87. The Hall–Kier alpha value is -2.83. The van der Waals surface area contributed by atoms with Crippen LogP contribution in [0.1, 0.15) is 15.9 Å². The molecule has 5 rings (SSSR count). The highest BCUT2D eigenvalue weighted by Crippen LogP contribution is 2.35. The summed E-state index contributed by atoms with van der Waals surface area (Å²) in [4.78, 5) is 36.0. The number of anilines is 2. The quantitative estimate of drug-likeness (QED) is 0.324. The zero-order chi connectivity index (χ0) is 25.9. The van der Waals surface area contributed by atoms with Crippen LogP contribution >= 0.6 is 22.9 Å². The van der Waals surface area contributed by atoms with E-state index in [9.17, 15) is 14.9 Å². The van der Waals surface area contributed by atoms with Gasteiger partial charge in [0.15, 0.2) is 5.13 Å². The molecule has 2 aliphatic rings. The van der Waals surface area contributed by atoms with Crippen molar-refractivity contribution in [1.82, 2.24) is 9.88 Å². The number of nitro groups is 1. The van der Waals surface area contributed by atoms with Crippen LogP contribution in [0.4, 0.5) is 16.5 Å². The highest BCUT2D eigenvalue weighted by Gasteiger charge is 2.28. The number of ether oxygens (including phenoxy) is 2. The molecule has 0 saturated carbocycles. The minimum Gasteiger partial charge on any atom is -0.379 e. The van der Waals surface area contributed by atoms with E-state index < -0.39 is 4.92 Å². The molecule has 0 bridgehead atoms. The lowest BCUT2D eigenvalue weighted by Gasteiger charge is -2.30. The van der Waals surface area contributed by atoms with Crippen molar-refractivity contribution < 1.29 is 19.2 Å². The highest BCUT2D eigenvalue weighted by atomic mass is 35.5. The number of aryl methyl sites for hydroxylation is 1. The maximum atomic E-state index is 13.9. The van der Waals surface area contributed by atoms with Crippen molar-refractivity contribution in [2.45, 2.75) is 6.92 Å². The predicted octanol–water partition coefficient (Wildman–Crippen LogP) is 3.98. The summed E-state index contributed by atoms with van der Waals surface area (Å²) in [5, 5.41) is 13.1. The Morgan fingerprint density at radius 1 is 1.14 bits per heavy atom. The number of aromatic nitrogens is 1. The van der Waals surface area contributed by atoms with Gasteiger partial charge in [0, 0.05) is 55.9 Å². The monoisotopic (exact) mass is 545 g/mol. The summed E-state index contributed by atoms with van der Waals surface area (Å²) in [5.74, 6) is -0.326. The van der Waals surface area contributed by atoms with Crippen LogP contribution < -0.4 is 9.80 Å². The summed E-state index contributed by atoms with van der Waals surface area (Å²) in [6.07, 6.45) is 0. The molecule has 3 aromatic rings. The second-order valence-electron chi connectivity index (χ2n) is 9.04. The molecule has 1 aromatic heterocycles. The first kappa shape index (κ1) is 25.8. The van der Waals surface area contributed by atoms with Crippen molar-refractivity contribution in [2.24, 2.45) is 0 Å². The van der Waals surface area contributed by atoms with Crippen molar-refractivity contribution in [3.05, 3.63) is 56.6 Å². The number of carbonyl (C=O) groups is 1. The molecule has 2 aliphatic heterocycles. The molecule has 0 radical (unpaired) electrons. The summed E-state index contributed by atoms with van der Waals surface area (Å²) < 4.78 is 11.7. The van der Waals surface area contributed by atoms with Crippen LogP contribution in [-0.4, -0.2) is 86.4 Å². The van der Waals surface area contributed by atoms with Gasteiger partial charge >= 0.3 is 0 Å². The van der Waals surface area contributed by atoms with Crippen molar-refractivity contribution >= 4 is 55.6 Å². The van der Waals surface area contributed by atoms with Gasteiger partial charge in [0.2, 0.25) is 0 Å². The number of halogens is 1. The maximum absolute atomic E-state index is 13.9. The number of rotatable bonds is 7. The normalized spacial score (nSPS) is 16.8. The lowest BCUT2D eigenvalue weighted by Crippen LogP contribution is -2.43. The fourth-order valence-electron chi connectivity index (χ4n) is 4.64. The second kappa shape index (κ2) is 11.3. The molecular formula is C25H28ClN5O5S. The lowest BCUT2D eigenvalue weighted by atomic mass is 10.1. The number of hydrogen-bond acceptors (Lipinski definition) is 9. The Morgan fingerprint density at radius 2 is 1.84 bits per heavy atom. The zero-order valence-electron chi connectivity index (χ0n) is 20.5. The highest BCUT2D eigenvalue weighted by molar-refractivity contribution is 7.22. The van der Waals surface area contributed by atoms with E-state index in [2.05, 4.69) is 4.90 Å². The number of nitro benzene ring substituents is 1. The third-order valence-electron chi connectivity index (χ3n) is 6.63. The minimum absolute atomic E-state index is 0.0900. The van der Waals surface area contributed by atoms with Crippen molar-refractivity contribution in [2.75, 3.05) is 75.5 Å². The first-order valence-electron chi connectivity index (χ1n) is 12.2. The Kier molecular flexibility index (Phi) is 7.87. The number of benzene rings is 2. The first-order valence-corrected chi connectivity index (χ1v) is 13.4. The molecule has 0 spiro atoms. The first-order chi connectivity index (χ1) is 17.9. The number of carbonyl (C=O) groups excluding carboxylic acids is 1. The largest absolute Gasteiger partial charge is 0.379 e. The van der Waals surface area contributed by atoms with Crippen molar-refractivity contribution in [3.63, 3.8) is 0 Å². The summed E-state index contributed by atoms with van der Waals surface area (Å²) in [6, 6.07) is 8.40. The predicted molar refractivity (Wildman–Crippen MR) is 144 cm³/mol. The van der Waals surface area contributed by atoms with Crippen LogP contribution in [0.3, 0.4) is 0 Å². The van der Waals surface area contributed by atoms with E-state index >= 15 is 0 Å². The molecule has 3 heterocycles. The van der Waals surface area contributed by atoms with Gasteiger partial charge < -0.3 is 14.4 Å².